The van der Waals surface area contributed by atoms with Crippen LogP contribution >= 0.6 is 0 Å². The molecule has 0 rings (SSSR count). The average Bonchev–Trinajstić information content (AvgIpc) is 2.14. The van der Waals surface area contributed by atoms with E-state index in [9.17, 15) is 0 Å². The van der Waals surface area contributed by atoms with E-state index in [-0.39, 0.29) is 0 Å². The Bertz CT molecular complexity index is 168. The van der Waals surface area contributed by atoms with Gasteiger partial charge in [-0.1, -0.05) is 34.6 Å². The molecule has 2 unspecified atom stereocenters. The molecule has 92 valence electrons. The summed E-state index contributed by atoms with van der Waals surface area (Å²) in [6, 6.07) is 0.556. The van der Waals surface area contributed by atoms with Crippen LogP contribution in [-0.2, 0) is 4.74 Å². The van der Waals surface area contributed by atoms with E-state index in [2.05, 4.69) is 46.9 Å². The molecule has 0 aromatic carbocycles. The third-order valence-electron chi connectivity index (χ3n) is 3.46. The standard InChI is InChI=1S/C13H29NO/c1-10(2)13(6,8-12(5)15-7)9-14-11(3)4/h10-12,14H,8-9H2,1-7H3. The zero-order valence-corrected chi connectivity index (χ0v) is 11.6. The van der Waals surface area contributed by atoms with Gasteiger partial charge in [-0.05, 0) is 24.7 Å². The SMILES string of the molecule is COC(C)CC(C)(CNC(C)C)C(C)C. The lowest BCUT2D eigenvalue weighted by atomic mass is 9.74. The predicted molar refractivity (Wildman–Crippen MR) is 67.2 cm³/mol. The summed E-state index contributed by atoms with van der Waals surface area (Å²) in [6.45, 7) is 14.5. The van der Waals surface area contributed by atoms with Crippen molar-refractivity contribution >= 4 is 0 Å². The van der Waals surface area contributed by atoms with Gasteiger partial charge < -0.3 is 10.1 Å². The third kappa shape index (κ3) is 5.53. The summed E-state index contributed by atoms with van der Waals surface area (Å²) in [5, 5.41) is 3.54. The molecule has 0 bridgehead atoms. The smallest absolute Gasteiger partial charge is 0.0549 e. The molecule has 2 heteroatoms. The summed E-state index contributed by atoms with van der Waals surface area (Å²) >= 11 is 0. The Hall–Kier alpha value is -0.0800. The molecule has 0 aliphatic heterocycles. The van der Waals surface area contributed by atoms with Crippen LogP contribution < -0.4 is 5.32 Å². The first-order valence-electron chi connectivity index (χ1n) is 6.08. The van der Waals surface area contributed by atoms with Crippen molar-refractivity contribution in [3.63, 3.8) is 0 Å². The van der Waals surface area contributed by atoms with E-state index in [1.807, 2.05) is 0 Å². The molecule has 0 aliphatic carbocycles. The molecule has 0 saturated heterocycles. The molecule has 0 heterocycles. The van der Waals surface area contributed by atoms with E-state index < -0.39 is 0 Å². The van der Waals surface area contributed by atoms with Crippen molar-refractivity contribution in [2.45, 2.75) is 60.1 Å². The van der Waals surface area contributed by atoms with Gasteiger partial charge in [0.2, 0.25) is 0 Å². The van der Waals surface area contributed by atoms with Gasteiger partial charge in [0.15, 0.2) is 0 Å². The van der Waals surface area contributed by atoms with Crippen molar-refractivity contribution in [3.8, 4) is 0 Å². The quantitative estimate of drug-likeness (QED) is 0.704. The lowest BCUT2D eigenvalue weighted by Gasteiger charge is -2.36. The van der Waals surface area contributed by atoms with Gasteiger partial charge >= 0.3 is 0 Å². The van der Waals surface area contributed by atoms with Crippen LogP contribution in [0.2, 0.25) is 0 Å². The Kier molecular flexibility index (Phi) is 6.46. The minimum Gasteiger partial charge on any atom is -0.382 e. The number of nitrogens with one attached hydrogen (secondary N) is 1. The van der Waals surface area contributed by atoms with Crippen molar-refractivity contribution in [1.82, 2.24) is 5.32 Å². The lowest BCUT2D eigenvalue weighted by Crippen LogP contribution is -2.41. The molecule has 0 saturated carbocycles. The van der Waals surface area contributed by atoms with Crippen molar-refractivity contribution < 1.29 is 4.74 Å². The van der Waals surface area contributed by atoms with Gasteiger partial charge in [0.05, 0.1) is 6.10 Å². The van der Waals surface area contributed by atoms with Crippen LogP contribution in [0.25, 0.3) is 0 Å². The van der Waals surface area contributed by atoms with Crippen molar-refractivity contribution in [2.75, 3.05) is 13.7 Å². The second-order valence-corrected chi connectivity index (χ2v) is 5.59. The highest BCUT2D eigenvalue weighted by molar-refractivity contribution is 4.82. The zero-order valence-electron chi connectivity index (χ0n) is 11.6. The van der Waals surface area contributed by atoms with Crippen LogP contribution in [0, 0.1) is 11.3 Å². The van der Waals surface area contributed by atoms with E-state index in [4.69, 9.17) is 4.74 Å². The van der Waals surface area contributed by atoms with Crippen LogP contribution in [0.4, 0.5) is 0 Å². The molecule has 1 N–H and O–H groups in total. The summed E-state index contributed by atoms with van der Waals surface area (Å²) in [6.07, 6.45) is 1.45. The van der Waals surface area contributed by atoms with E-state index in [0.29, 0.717) is 23.5 Å². The maximum atomic E-state index is 5.38. The summed E-state index contributed by atoms with van der Waals surface area (Å²) in [7, 11) is 1.79. The number of hydrogen-bond acceptors (Lipinski definition) is 2. The fraction of sp³-hybridized carbons (Fsp3) is 1.00. The van der Waals surface area contributed by atoms with Gasteiger partial charge in [0, 0.05) is 19.7 Å². The Morgan fingerprint density at radius 3 is 2.00 bits per heavy atom. The topological polar surface area (TPSA) is 21.3 Å². The molecule has 0 aromatic heterocycles. The van der Waals surface area contributed by atoms with Gasteiger partial charge in [0.1, 0.15) is 0 Å². The van der Waals surface area contributed by atoms with Crippen LogP contribution in [-0.4, -0.2) is 25.8 Å². The number of hydrogen-bond donors (Lipinski definition) is 1. The van der Waals surface area contributed by atoms with E-state index in [1.54, 1.807) is 7.11 Å². The Morgan fingerprint density at radius 2 is 1.67 bits per heavy atom. The maximum absolute atomic E-state index is 5.38. The first-order chi connectivity index (χ1) is 6.81. The number of rotatable bonds is 7. The van der Waals surface area contributed by atoms with Gasteiger partial charge in [-0.3, -0.25) is 0 Å². The van der Waals surface area contributed by atoms with E-state index >= 15 is 0 Å². The van der Waals surface area contributed by atoms with Crippen molar-refractivity contribution in [2.24, 2.45) is 11.3 Å². The number of methoxy groups -OCH3 is 1. The second-order valence-electron chi connectivity index (χ2n) is 5.59. The zero-order chi connectivity index (χ0) is 12.1. The average molecular weight is 215 g/mol. The van der Waals surface area contributed by atoms with Gasteiger partial charge in [-0.2, -0.15) is 0 Å². The fourth-order valence-electron chi connectivity index (χ4n) is 1.69. The molecule has 0 amide bonds. The van der Waals surface area contributed by atoms with E-state index in [0.717, 1.165) is 13.0 Å². The number of ether oxygens (including phenoxy) is 1. The van der Waals surface area contributed by atoms with Gasteiger partial charge in [-0.15, -0.1) is 0 Å². The first kappa shape index (κ1) is 14.9. The summed E-state index contributed by atoms with van der Waals surface area (Å²) in [5.41, 5.74) is 0.319. The summed E-state index contributed by atoms with van der Waals surface area (Å²) < 4.78 is 5.38. The van der Waals surface area contributed by atoms with Gasteiger partial charge in [-0.25, -0.2) is 0 Å². The summed E-state index contributed by atoms with van der Waals surface area (Å²) in [4.78, 5) is 0. The third-order valence-corrected chi connectivity index (χ3v) is 3.46. The molecule has 2 nitrogen and oxygen atoms in total. The van der Waals surface area contributed by atoms with Gasteiger partial charge in [0.25, 0.3) is 0 Å². The molecule has 0 spiro atoms. The fourth-order valence-corrected chi connectivity index (χ4v) is 1.69. The normalized spacial score (nSPS) is 18.2. The van der Waals surface area contributed by atoms with Crippen LogP contribution in [0.15, 0.2) is 0 Å². The largest absolute Gasteiger partial charge is 0.382 e. The molecular formula is C13H29NO. The Labute approximate surface area is 95.8 Å². The first-order valence-corrected chi connectivity index (χ1v) is 6.08. The molecule has 15 heavy (non-hydrogen) atoms. The Balaban J connectivity index is 4.31. The van der Waals surface area contributed by atoms with E-state index in [1.165, 1.54) is 0 Å². The summed E-state index contributed by atoms with van der Waals surface area (Å²) in [5.74, 6) is 0.668. The van der Waals surface area contributed by atoms with Crippen molar-refractivity contribution in [1.29, 1.82) is 0 Å². The highest BCUT2D eigenvalue weighted by atomic mass is 16.5. The molecular weight excluding hydrogens is 186 g/mol. The van der Waals surface area contributed by atoms with Crippen molar-refractivity contribution in [3.05, 3.63) is 0 Å². The lowest BCUT2D eigenvalue weighted by molar-refractivity contribution is 0.0495. The molecule has 2 atom stereocenters. The van der Waals surface area contributed by atoms with Crippen LogP contribution in [0.1, 0.15) is 48.0 Å². The second kappa shape index (κ2) is 6.49. The highest BCUT2D eigenvalue weighted by Crippen LogP contribution is 2.32. The molecule has 0 radical (unpaired) electrons. The highest BCUT2D eigenvalue weighted by Gasteiger charge is 2.30. The predicted octanol–water partition coefficient (Wildman–Crippen LogP) is 3.07. The molecule has 0 fully saturated rings. The minimum absolute atomic E-state index is 0.319. The Morgan fingerprint density at radius 1 is 1.13 bits per heavy atom. The molecule has 0 aliphatic rings. The minimum atomic E-state index is 0.319. The molecule has 0 aromatic rings. The maximum Gasteiger partial charge on any atom is 0.0549 e. The monoisotopic (exact) mass is 215 g/mol. The van der Waals surface area contributed by atoms with Crippen LogP contribution in [0.5, 0.6) is 0 Å². The van der Waals surface area contributed by atoms with Crippen LogP contribution in [0.3, 0.4) is 0 Å².